The van der Waals surface area contributed by atoms with Gasteiger partial charge in [0.15, 0.2) is 0 Å². The molecule has 2 atom stereocenters. The molecular formula is C26H36FN3O4S. The first-order chi connectivity index (χ1) is 16.5. The van der Waals surface area contributed by atoms with Crippen molar-refractivity contribution >= 4 is 27.5 Å². The minimum atomic E-state index is -3.62. The molecule has 0 aliphatic rings. The van der Waals surface area contributed by atoms with E-state index in [0.717, 1.165) is 22.5 Å². The largest absolute Gasteiger partial charge is 0.352 e. The third-order valence-corrected chi connectivity index (χ3v) is 7.11. The average Bonchev–Trinajstić information content (AvgIpc) is 2.82. The number of carbonyl (C=O) groups is 2. The van der Waals surface area contributed by atoms with Crippen LogP contribution in [0.25, 0.3) is 0 Å². The summed E-state index contributed by atoms with van der Waals surface area (Å²) in [6.07, 6.45) is 2.78. The first-order valence-corrected chi connectivity index (χ1v) is 13.7. The number of hydrogen-bond acceptors (Lipinski definition) is 4. The standard InChI is InChI=1S/C26H36FN3O4S/c1-5-20(2)28-26(32)21(3)29(19-17-22-10-7-6-8-11-22)25(31)12-9-18-30(35(4,33)34)24-15-13-23(27)14-16-24/h6-8,10-11,13-16,20-21H,5,9,12,17-19H2,1-4H3,(H,28,32)/t20-,21-/m0/s1. The second-order valence-electron chi connectivity index (χ2n) is 8.73. The zero-order chi connectivity index (χ0) is 26.0. The van der Waals surface area contributed by atoms with E-state index in [0.29, 0.717) is 18.7 Å². The van der Waals surface area contributed by atoms with Crippen LogP contribution in [0, 0.1) is 5.82 Å². The van der Waals surface area contributed by atoms with E-state index in [2.05, 4.69) is 5.32 Å². The number of hydrogen-bond donors (Lipinski definition) is 1. The van der Waals surface area contributed by atoms with Crippen molar-refractivity contribution < 1.29 is 22.4 Å². The molecule has 0 radical (unpaired) electrons. The van der Waals surface area contributed by atoms with E-state index in [1.807, 2.05) is 44.2 Å². The van der Waals surface area contributed by atoms with Gasteiger partial charge in [0.2, 0.25) is 21.8 Å². The van der Waals surface area contributed by atoms with Gasteiger partial charge in [-0.05, 0) is 62.9 Å². The lowest BCUT2D eigenvalue weighted by Gasteiger charge is -2.30. The molecule has 2 aromatic rings. The molecule has 1 N–H and O–H groups in total. The van der Waals surface area contributed by atoms with Crippen LogP contribution in [0.4, 0.5) is 10.1 Å². The monoisotopic (exact) mass is 505 g/mol. The number of halogens is 1. The van der Waals surface area contributed by atoms with Gasteiger partial charge in [0.25, 0.3) is 0 Å². The summed E-state index contributed by atoms with van der Waals surface area (Å²) in [6.45, 7) is 6.03. The predicted molar refractivity (Wildman–Crippen MR) is 137 cm³/mol. The van der Waals surface area contributed by atoms with Crippen molar-refractivity contribution in [3.05, 3.63) is 66.0 Å². The number of anilines is 1. The number of sulfonamides is 1. The fraction of sp³-hybridized carbons (Fsp3) is 0.462. The van der Waals surface area contributed by atoms with Crippen LogP contribution < -0.4 is 9.62 Å². The van der Waals surface area contributed by atoms with Crippen LogP contribution in [0.3, 0.4) is 0 Å². The molecule has 2 rings (SSSR count). The van der Waals surface area contributed by atoms with Crippen molar-refractivity contribution in [1.29, 1.82) is 0 Å². The predicted octanol–water partition coefficient (Wildman–Crippen LogP) is 3.75. The Morgan fingerprint density at radius 2 is 1.63 bits per heavy atom. The van der Waals surface area contributed by atoms with Crippen molar-refractivity contribution in [3.63, 3.8) is 0 Å². The van der Waals surface area contributed by atoms with E-state index in [-0.39, 0.29) is 37.2 Å². The first-order valence-electron chi connectivity index (χ1n) is 11.9. The summed E-state index contributed by atoms with van der Waals surface area (Å²) < 4.78 is 39.0. The topological polar surface area (TPSA) is 86.8 Å². The van der Waals surface area contributed by atoms with E-state index in [4.69, 9.17) is 0 Å². The Morgan fingerprint density at radius 1 is 1.00 bits per heavy atom. The van der Waals surface area contributed by atoms with Crippen LogP contribution in [0.15, 0.2) is 54.6 Å². The van der Waals surface area contributed by atoms with Gasteiger partial charge in [0, 0.05) is 25.6 Å². The molecule has 192 valence electrons. The second kappa shape index (κ2) is 13.2. The van der Waals surface area contributed by atoms with Crippen LogP contribution in [-0.2, 0) is 26.0 Å². The van der Waals surface area contributed by atoms with Crippen molar-refractivity contribution in [2.75, 3.05) is 23.7 Å². The lowest BCUT2D eigenvalue weighted by Crippen LogP contribution is -2.50. The Bertz CT molecular complexity index is 1060. The first kappa shape index (κ1) is 28.3. The van der Waals surface area contributed by atoms with Crippen molar-refractivity contribution in [2.24, 2.45) is 0 Å². The highest BCUT2D eigenvalue weighted by Gasteiger charge is 2.26. The van der Waals surface area contributed by atoms with Gasteiger partial charge in [-0.2, -0.15) is 0 Å². The molecule has 2 aromatic carbocycles. The summed E-state index contributed by atoms with van der Waals surface area (Å²) in [5.74, 6) is -0.902. The zero-order valence-corrected chi connectivity index (χ0v) is 21.7. The Balaban J connectivity index is 2.10. The van der Waals surface area contributed by atoms with Crippen molar-refractivity contribution in [3.8, 4) is 0 Å². The maximum atomic E-state index is 13.3. The van der Waals surface area contributed by atoms with Gasteiger partial charge in [-0.25, -0.2) is 12.8 Å². The van der Waals surface area contributed by atoms with E-state index in [1.165, 1.54) is 24.3 Å². The molecule has 7 nitrogen and oxygen atoms in total. The van der Waals surface area contributed by atoms with Crippen LogP contribution in [-0.4, -0.2) is 56.6 Å². The Labute approximate surface area is 208 Å². The number of carbonyl (C=O) groups excluding carboxylic acids is 2. The molecule has 0 saturated heterocycles. The SMILES string of the molecule is CC[C@H](C)NC(=O)[C@H](C)N(CCc1ccccc1)C(=O)CCCN(c1ccc(F)cc1)S(C)(=O)=O. The third-order valence-electron chi connectivity index (χ3n) is 5.92. The molecule has 0 saturated carbocycles. The minimum Gasteiger partial charge on any atom is -0.352 e. The molecule has 0 aromatic heterocycles. The molecule has 35 heavy (non-hydrogen) atoms. The van der Waals surface area contributed by atoms with Gasteiger partial charge in [0.1, 0.15) is 11.9 Å². The Kier molecular flexibility index (Phi) is 10.7. The van der Waals surface area contributed by atoms with Crippen LogP contribution in [0.2, 0.25) is 0 Å². The molecule has 0 spiro atoms. The van der Waals surface area contributed by atoms with E-state index >= 15 is 0 Å². The van der Waals surface area contributed by atoms with Gasteiger partial charge in [-0.3, -0.25) is 13.9 Å². The average molecular weight is 506 g/mol. The summed E-state index contributed by atoms with van der Waals surface area (Å²) in [5, 5.41) is 2.93. The number of rotatable bonds is 13. The van der Waals surface area contributed by atoms with Crippen molar-refractivity contribution in [2.45, 2.75) is 58.5 Å². The third kappa shape index (κ3) is 8.98. The summed E-state index contributed by atoms with van der Waals surface area (Å²) in [7, 11) is -3.62. The number of benzene rings is 2. The summed E-state index contributed by atoms with van der Waals surface area (Å²) in [5.41, 5.74) is 1.39. The van der Waals surface area contributed by atoms with E-state index < -0.39 is 21.9 Å². The molecule has 0 aliphatic heterocycles. The number of nitrogens with zero attached hydrogens (tertiary/aromatic N) is 2. The minimum absolute atomic E-state index is 0.00458. The van der Waals surface area contributed by atoms with Gasteiger partial charge in [-0.1, -0.05) is 37.3 Å². The molecule has 0 fully saturated rings. The van der Waals surface area contributed by atoms with E-state index in [1.54, 1.807) is 11.8 Å². The van der Waals surface area contributed by atoms with Crippen LogP contribution >= 0.6 is 0 Å². The van der Waals surface area contributed by atoms with Gasteiger partial charge < -0.3 is 10.2 Å². The van der Waals surface area contributed by atoms with Crippen LogP contribution in [0.5, 0.6) is 0 Å². The maximum absolute atomic E-state index is 13.3. The smallest absolute Gasteiger partial charge is 0.242 e. The van der Waals surface area contributed by atoms with Crippen molar-refractivity contribution in [1.82, 2.24) is 10.2 Å². The molecule has 2 amide bonds. The quantitative estimate of drug-likeness (QED) is 0.449. The summed E-state index contributed by atoms with van der Waals surface area (Å²) >= 11 is 0. The molecule has 0 unspecified atom stereocenters. The summed E-state index contributed by atoms with van der Waals surface area (Å²) in [4.78, 5) is 27.5. The highest BCUT2D eigenvalue weighted by Crippen LogP contribution is 2.19. The Morgan fingerprint density at radius 3 is 2.20 bits per heavy atom. The van der Waals surface area contributed by atoms with Gasteiger partial charge >= 0.3 is 0 Å². The fourth-order valence-corrected chi connectivity index (χ4v) is 4.61. The number of nitrogens with one attached hydrogen (secondary N) is 1. The lowest BCUT2D eigenvalue weighted by atomic mass is 10.1. The summed E-state index contributed by atoms with van der Waals surface area (Å²) in [6, 6.07) is 14.2. The fourth-order valence-electron chi connectivity index (χ4n) is 3.65. The van der Waals surface area contributed by atoms with E-state index in [9.17, 15) is 22.4 Å². The molecule has 0 bridgehead atoms. The normalized spacial score (nSPS) is 13.1. The maximum Gasteiger partial charge on any atom is 0.242 e. The molecular weight excluding hydrogens is 469 g/mol. The Hall–Kier alpha value is -2.94. The van der Waals surface area contributed by atoms with Gasteiger partial charge in [-0.15, -0.1) is 0 Å². The van der Waals surface area contributed by atoms with Crippen LogP contribution in [0.1, 0.15) is 45.6 Å². The molecule has 0 heterocycles. The lowest BCUT2D eigenvalue weighted by molar-refractivity contribution is -0.140. The highest BCUT2D eigenvalue weighted by molar-refractivity contribution is 7.92. The van der Waals surface area contributed by atoms with Gasteiger partial charge in [0.05, 0.1) is 11.9 Å². The zero-order valence-electron chi connectivity index (χ0n) is 20.9. The highest BCUT2D eigenvalue weighted by atomic mass is 32.2. The molecule has 9 heteroatoms. The number of amides is 2. The second-order valence-corrected chi connectivity index (χ2v) is 10.6. The molecule has 0 aliphatic carbocycles.